The SMILES string of the molecule is CCOC(=O)c1ccc(CN(C(=O)N2CCN(C)CC2)c2cccc(F)c2)nc1.CN1CCN(C(=O)N(Cc2ccc(C(=O)CN)cn2)c2cccc(F)c2)CC1. The van der Waals surface area contributed by atoms with Crippen molar-refractivity contribution in [2.75, 3.05) is 89.4 Å². The van der Waals surface area contributed by atoms with Crippen molar-refractivity contribution in [1.82, 2.24) is 29.6 Å². The number of carbonyl (C=O) groups is 4. The normalized spacial score (nSPS) is 14.6. The topological polar surface area (TPSA) is 149 Å². The van der Waals surface area contributed by atoms with Crippen molar-refractivity contribution in [2.24, 2.45) is 5.73 Å². The molecule has 4 aromatic rings. The lowest BCUT2D eigenvalue weighted by Gasteiger charge is -2.36. The molecule has 0 radical (unpaired) electrons. The minimum absolute atomic E-state index is 0.0850. The summed E-state index contributed by atoms with van der Waals surface area (Å²) in [5.74, 6) is -1.47. The highest BCUT2D eigenvalue weighted by Gasteiger charge is 2.28. The summed E-state index contributed by atoms with van der Waals surface area (Å²) in [6.45, 7) is 7.86. The molecular formula is C41H49F2N9O5. The zero-order valence-electron chi connectivity index (χ0n) is 32.5. The number of hydrogen-bond acceptors (Lipinski definition) is 10. The third-order valence-corrected chi connectivity index (χ3v) is 9.56. The van der Waals surface area contributed by atoms with E-state index < -0.39 is 17.6 Å². The number of ether oxygens (including phenoxy) is 1. The summed E-state index contributed by atoms with van der Waals surface area (Å²) in [6.07, 6.45) is 2.88. The predicted octanol–water partition coefficient (Wildman–Crippen LogP) is 4.51. The Morgan fingerprint density at radius 3 is 1.47 bits per heavy atom. The molecule has 4 amide bonds. The predicted molar refractivity (Wildman–Crippen MR) is 212 cm³/mol. The highest BCUT2D eigenvalue weighted by atomic mass is 19.1. The van der Waals surface area contributed by atoms with Crippen molar-refractivity contribution in [3.8, 4) is 0 Å². The van der Waals surface area contributed by atoms with E-state index in [4.69, 9.17) is 10.5 Å². The number of carbonyl (C=O) groups excluding carboxylic acids is 4. The number of Topliss-reactive ketones (excluding diaryl/α,β-unsaturated/α-hetero) is 1. The molecule has 2 saturated heterocycles. The highest BCUT2D eigenvalue weighted by molar-refractivity contribution is 5.97. The molecule has 16 heteroatoms. The number of halogens is 2. The molecule has 14 nitrogen and oxygen atoms in total. The lowest BCUT2D eigenvalue weighted by Crippen LogP contribution is -2.52. The van der Waals surface area contributed by atoms with E-state index in [2.05, 4.69) is 19.8 Å². The quantitative estimate of drug-likeness (QED) is 0.180. The number of rotatable bonds is 10. The minimum atomic E-state index is -0.443. The smallest absolute Gasteiger partial charge is 0.339 e. The standard InChI is InChI=1S/C21H25FN4O3.C20H24FN5O2/c1-3-29-20(27)16-7-8-18(23-14-16)15-26(19-6-4-5-17(22)13-19)21(28)25-11-9-24(2)10-12-25;1-24-7-9-25(10-8-24)20(28)26(18-4-2-3-16(21)11-18)14-17-6-5-15(13-23-17)19(27)12-22/h4-8,13-14H,3,9-12,15H2,1-2H3;2-6,11,13H,7-10,12,14,22H2,1H3. The molecule has 0 atom stereocenters. The van der Waals surface area contributed by atoms with Gasteiger partial charge in [-0.2, -0.15) is 0 Å². The van der Waals surface area contributed by atoms with Crippen molar-refractivity contribution in [3.05, 3.63) is 119 Å². The average Bonchev–Trinajstić information content (AvgIpc) is 3.22. The third-order valence-electron chi connectivity index (χ3n) is 9.56. The van der Waals surface area contributed by atoms with Gasteiger partial charge in [0.05, 0.1) is 43.2 Å². The molecule has 0 bridgehead atoms. The Hall–Kier alpha value is -5.84. The molecule has 6 rings (SSSR count). The summed E-state index contributed by atoms with van der Waals surface area (Å²) in [6, 6.07) is 18.1. The van der Waals surface area contributed by atoms with Gasteiger partial charge in [-0.3, -0.25) is 24.6 Å². The van der Waals surface area contributed by atoms with E-state index in [0.717, 1.165) is 26.2 Å². The van der Waals surface area contributed by atoms with Gasteiger partial charge in [-0.05, 0) is 81.7 Å². The van der Waals surface area contributed by atoms with Gasteiger partial charge in [0.25, 0.3) is 0 Å². The number of aromatic nitrogens is 2. The van der Waals surface area contributed by atoms with Crippen LogP contribution in [0.2, 0.25) is 0 Å². The molecule has 2 fully saturated rings. The second-order valence-electron chi connectivity index (χ2n) is 13.7. The van der Waals surface area contributed by atoms with Gasteiger partial charge in [-0.15, -0.1) is 0 Å². The number of esters is 1. The molecule has 2 aliphatic rings. The molecule has 57 heavy (non-hydrogen) atoms. The van der Waals surface area contributed by atoms with Gasteiger partial charge < -0.3 is 30.1 Å². The van der Waals surface area contributed by atoms with Gasteiger partial charge in [0.1, 0.15) is 11.6 Å². The summed E-state index contributed by atoms with van der Waals surface area (Å²) >= 11 is 0. The summed E-state index contributed by atoms with van der Waals surface area (Å²) in [4.78, 5) is 69.3. The third kappa shape index (κ3) is 11.8. The fourth-order valence-corrected chi connectivity index (χ4v) is 6.14. The minimum Gasteiger partial charge on any atom is -0.462 e. The van der Waals surface area contributed by atoms with Crippen molar-refractivity contribution < 1.29 is 32.7 Å². The Balaban J connectivity index is 0.000000218. The Morgan fingerprint density at radius 1 is 0.667 bits per heavy atom. The number of piperazine rings is 2. The lowest BCUT2D eigenvalue weighted by molar-refractivity contribution is 0.0525. The van der Waals surface area contributed by atoms with Crippen LogP contribution < -0.4 is 15.5 Å². The number of ketones is 1. The van der Waals surface area contributed by atoms with Crippen LogP contribution in [0.4, 0.5) is 29.7 Å². The van der Waals surface area contributed by atoms with E-state index in [-0.39, 0.29) is 44.1 Å². The Bertz CT molecular complexity index is 1970. The van der Waals surface area contributed by atoms with Crippen molar-refractivity contribution in [1.29, 1.82) is 0 Å². The molecule has 2 aromatic carbocycles. The molecule has 0 unspecified atom stereocenters. The van der Waals surface area contributed by atoms with Gasteiger partial charge in [0.2, 0.25) is 0 Å². The van der Waals surface area contributed by atoms with Gasteiger partial charge >= 0.3 is 18.0 Å². The molecule has 302 valence electrons. The number of benzene rings is 2. The Kier molecular flexibility index (Phi) is 15.1. The van der Waals surface area contributed by atoms with E-state index >= 15 is 0 Å². The maximum atomic E-state index is 13.8. The number of pyridine rings is 2. The summed E-state index contributed by atoms with van der Waals surface area (Å²) in [5.41, 5.74) is 8.26. The molecular weight excluding hydrogens is 737 g/mol. The van der Waals surface area contributed by atoms with Gasteiger partial charge in [-0.1, -0.05) is 12.1 Å². The fraction of sp³-hybridized carbons (Fsp3) is 0.366. The van der Waals surface area contributed by atoms with Crippen LogP contribution in [0.25, 0.3) is 0 Å². The van der Waals surface area contributed by atoms with Crippen molar-refractivity contribution >= 4 is 35.2 Å². The molecule has 2 aliphatic heterocycles. The van der Waals surface area contributed by atoms with Crippen LogP contribution >= 0.6 is 0 Å². The number of nitrogens with two attached hydrogens (primary N) is 1. The summed E-state index contributed by atoms with van der Waals surface area (Å²) < 4.78 is 32.6. The molecule has 0 aliphatic carbocycles. The van der Waals surface area contributed by atoms with Crippen LogP contribution in [0.3, 0.4) is 0 Å². The summed E-state index contributed by atoms with van der Waals surface area (Å²) in [7, 11) is 4.03. The number of amides is 4. The maximum absolute atomic E-state index is 13.8. The van der Waals surface area contributed by atoms with Crippen LogP contribution in [0.5, 0.6) is 0 Å². The fourth-order valence-electron chi connectivity index (χ4n) is 6.14. The van der Waals surface area contributed by atoms with E-state index in [1.807, 2.05) is 14.1 Å². The molecule has 2 N–H and O–H groups in total. The number of hydrogen-bond donors (Lipinski definition) is 1. The molecule has 0 saturated carbocycles. The van der Waals surface area contributed by atoms with Crippen LogP contribution in [0, 0.1) is 11.6 Å². The summed E-state index contributed by atoms with van der Waals surface area (Å²) in [5, 5.41) is 0. The second kappa shape index (κ2) is 20.4. The zero-order chi connectivity index (χ0) is 40.9. The monoisotopic (exact) mass is 785 g/mol. The lowest BCUT2D eigenvalue weighted by atomic mass is 10.1. The Labute approximate surface area is 331 Å². The molecule has 4 heterocycles. The van der Waals surface area contributed by atoms with Gasteiger partial charge in [0, 0.05) is 81.7 Å². The average molecular weight is 786 g/mol. The number of urea groups is 2. The maximum Gasteiger partial charge on any atom is 0.339 e. The first-order valence-electron chi connectivity index (χ1n) is 18.8. The van der Waals surface area contributed by atoms with Crippen LogP contribution in [0.1, 0.15) is 39.0 Å². The first kappa shape index (κ1) is 42.3. The Morgan fingerprint density at radius 2 is 1.11 bits per heavy atom. The largest absolute Gasteiger partial charge is 0.462 e. The first-order chi connectivity index (χ1) is 27.4. The van der Waals surface area contributed by atoms with Gasteiger partial charge in [0.15, 0.2) is 5.78 Å². The van der Waals surface area contributed by atoms with E-state index in [9.17, 15) is 28.0 Å². The van der Waals surface area contributed by atoms with E-state index in [1.165, 1.54) is 46.5 Å². The van der Waals surface area contributed by atoms with Crippen LogP contribution in [-0.4, -0.2) is 133 Å². The molecule has 2 aromatic heterocycles. The second-order valence-corrected chi connectivity index (χ2v) is 13.7. The number of anilines is 2. The van der Waals surface area contributed by atoms with E-state index in [1.54, 1.807) is 65.3 Å². The van der Waals surface area contributed by atoms with Crippen LogP contribution in [-0.2, 0) is 17.8 Å². The number of likely N-dealkylation sites (N-methyl/N-ethyl adjacent to an activating group) is 2. The molecule has 0 spiro atoms. The van der Waals surface area contributed by atoms with Gasteiger partial charge in [-0.25, -0.2) is 23.2 Å². The first-order valence-corrected chi connectivity index (χ1v) is 18.8. The number of nitrogens with zero attached hydrogens (tertiary/aromatic N) is 8. The zero-order valence-corrected chi connectivity index (χ0v) is 32.5. The van der Waals surface area contributed by atoms with Crippen molar-refractivity contribution in [3.63, 3.8) is 0 Å². The van der Waals surface area contributed by atoms with E-state index in [0.29, 0.717) is 60.1 Å². The highest BCUT2D eigenvalue weighted by Crippen LogP contribution is 2.22. The van der Waals surface area contributed by atoms with Crippen molar-refractivity contribution in [2.45, 2.75) is 20.0 Å². The van der Waals surface area contributed by atoms with Crippen LogP contribution in [0.15, 0.2) is 85.2 Å².